The van der Waals surface area contributed by atoms with Gasteiger partial charge in [0.15, 0.2) is 0 Å². The Balaban J connectivity index is 1.46. The van der Waals surface area contributed by atoms with Gasteiger partial charge >= 0.3 is 6.03 Å². The van der Waals surface area contributed by atoms with Crippen LogP contribution < -0.4 is 5.32 Å². The Labute approximate surface area is 165 Å². The van der Waals surface area contributed by atoms with E-state index in [0.717, 1.165) is 44.6 Å². The number of hydrogen-bond acceptors (Lipinski definition) is 2. The molecule has 1 aromatic rings. The number of rotatable bonds is 3. The van der Waals surface area contributed by atoms with Crippen LogP contribution in [0.15, 0.2) is 18.2 Å². The molecule has 2 fully saturated rings. The zero-order chi connectivity index (χ0) is 20.3. The molecule has 0 aromatic heterocycles. The van der Waals surface area contributed by atoms with E-state index in [0.29, 0.717) is 18.7 Å². The van der Waals surface area contributed by atoms with Crippen LogP contribution in [0.3, 0.4) is 0 Å². The first kappa shape index (κ1) is 20.6. The zero-order valence-electron chi connectivity index (χ0n) is 16.6. The van der Waals surface area contributed by atoms with Gasteiger partial charge in [0.1, 0.15) is 11.6 Å². The number of piperidine rings is 1. The van der Waals surface area contributed by atoms with Gasteiger partial charge in [-0.25, -0.2) is 13.6 Å². The van der Waals surface area contributed by atoms with Crippen molar-refractivity contribution >= 4 is 11.9 Å². The summed E-state index contributed by atoms with van der Waals surface area (Å²) < 4.78 is 26.9. The molecule has 1 saturated heterocycles. The highest BCUT2D eigenvalue weighted by atomic mass is 19.1. The molecule has 3 rings (SSSR count). The number of nitrogens with one attached hydrogen (secondary N) is 1. The Morgan fingerprint density at radius 3 is 2.11 bits per heavy atom. The predicted octanol–water partition coefficient (Wildman–Crippen LogP) is 3.64. The molecule has 1 N–H and O–H groups in total. The lowest BCUT2D eigenvalue weighted by Gasteiger charge is -2.37. The minimum Gasteiger partial charge on any atom is -0.343 e. The van der Waals surface area contributed by atoms with Crippen LogP contribution in [0.5, 0.6) is 0 Å². The van der Waals surface area contributed by atoms with Crippen molar-refractivity contribution in [3.63, 3.8) is 0 Å². The smallest absolute Gasteiger partial charge is 0.317 e. The van der Waals surface area contributed by atoms with Crippen molar-refractivity contribution in [1.82, 2.24) is 15.1 Å². The highest BCUT2D eigenvalue weighted by molar-refractivity contribution is 5.75. The number of halogens is 2. The van der Waals surface area contributed by atoms with Crippen molar-refractivity contribution in [2.24, 2.45) is 0 Å². The molecular formula is C21H29F2N3O2. The summed E-state index contributed by atoms with van der Waals surface area (Å²) in [7, 11) is 1.81. The van der Waals surface area contributed by atoms with E-state index in [4.69, 9.17) is 0 Å². The van der Waals surface area contributed by atoms with Gasteiger partial charge in [0.25, 0.3) is 0 Å². The Hall–Kier alpha value is -2.18. The number of carbonyl (C=O) groups excluding carboxylic acids is 2. The van der Waals surface area contributed by atoms with Gasteiger partial charge in [0, 0.05) is 45.2 Å². The number of likely N-dealkylation sites (tertiary alicyclic amines) is 1. The number of hydrogen-bond donors (Lipinski definition) is 1. The van der Waals surface area contributed by atoms with Gasteiger partial charge in [-0.2, -0.15) is 0 Å². The Bertz CT molecular complexity index is 691. The summed E-state index contributed by atoms with van der Waals surface area (Å²) in [6, 6.07) is 3.86. The second-order valence-corrected chi connectivity index (χ2v) is 8.05. The van der Waals surface area contributed by atoms with Crippen molar-refractivity contribution in [2.75, 3.05) is 20.1 Å². The van der Waals surface area contributed by atoms with E-state index < -0.39 is 11.6 Å². The standard InChI is InChI=1S/C21H29F2N3O2/c1-14(27)26-9-7-20(8-10-26)25(2)21(28)24-19-5-3-15(4-6-19)16-11-17(22)13-18(23)12-16/h11-13,15,19-20H,3-10H2,1-2H3,(H,24,28)/t15-,19-. The van der Waals surface area contributed by atoms with Gasteiger partial charge in [0.05, 0.1) is 0 Å². The summed E-state index contributed by atoms with van der Waals surface area (Å²) in [6.45, 7) is 2.95. The van der Waals surface area contributed by atoms with Crippen molar-refractivity contribution < 1.29 is 18.4 Å². The minimum absolute atomic E-state index is 0.0819. The quantitative estimate of drug-likeness (QED) is 0.852. The molecule has 0 unspecified atom stereocenters. The van der Waals surface area contributed by atoms with Crippen LogP contribution in [0.4, 0.5) is 13.6 Å². The maximum absolute atomic E-state index is 13.4. The van der Waals surface area contributed by atoms with Crippen LogP contribution in [0.1, 0.15) is 56.9 Å². The largest absolute Gasteiger partial charge is 0.343 e. The first-order valence-electron chi connectivity index (χ1n) is 10.1. The average molecular weight is 393 g/mol. The van der Waals surface area contributed by atoms with E-state index >= 15 is 0 Å². The van der Waals surface area contributed by atoms with Crippen LogP contribution >= 0.6 is 0 Å². The zero-order valence-corrected chi connectivity index (χ0v) is 16.6. The maximum Gasteiger partial charge on any atom is 0.317 e. The Kier molecular flexibility index (Phi) is 6.52. The molecule has 154 valence electrons. The van der Waals surface area contributed by atoms with Crippen LogP contribution in [0, 0.1) is 11.6 Å². The van der Waals surface area contributed by atoms with Crippen LogP contribution in [0.25, 0.3) is 0 Å². The Morgan fingerprint density at radius 2 is 1.57 bits per heavy atom. The number of amides is 3. The molecule has 1 aromatic carbocycles. The van der Waals surface area contributed by atoms with E-state index in [-0.39, 0.29) is 29.9 Å². The number of benzene rings is 1. The van der Waals surface area contributed by atoms with Gasteiger partial charge in [-0.1, -0.05) is 0 Å². The molecular weight excluding hydrogens is 364 g/mol. The molecule has 1 saturated carbocycles. The molecule has 5 nitrogen and oxygen atoms in total. The molecule has 1 aliphatic carbocycles. The summed E-state index contributed by atoms with van der Waals surface area (Å²) in [4.78, 5) is 27.6. The second-order valence-electron chi connectivity index (χ2n) is 8.05. The van der Waals surface area contributed by atoms with E-state index in [2.05, 4.69) is 5.32 Å². The molecule has 0 atom stereocenters. The third-order valence-electron chi connectivity index (χ3n) is 6.19. The van der Waals surface area contributed by atoms with E-state index in [1.54, 1.807) is 11.8 Å². The minimum atomic E-state index is -0.539. The van der Waals surface area contributed by atoms with E-state index in [9.17, 15) is 18.4 Å². The number of urea groups is 1. The fourth-order valence-corrected chi connectivity index (χ4v) is 4.39. The fourth-order valence-electron chi connectivity index (χ4n) is 4.39. The SMILES string of the molecule is CC(=O)N1CCC(N(C)C(=O)N[C@H]2CC[C@H](c3cc(F)cc(F)c3)CC2)CC1. The number of carbonyl (C=O) groups is 2. The van der Waals surface area contributed by atoms with Gasteiger partial charge in [-0.05, 0) is 62.1 Å². The molecule has 1 heterocycles. The highest BCUT2D eigenvalue weighted by Gasteiger charge is 2.29. The lowest BCUT2D eigenvalue weighted by molar-refractivity contribution is -0.130. The molecule has 0 radical (unpaired) electrons. The lowest BCUT2D eigenvalue weighted by atomic mass is 9.81. The second kappa shape index (κ2) is 8.88. The highest BCUT2D eigenvalue weighted by Crippen LogP contribution is 2.33. The average Bonchev–Trinajstić information content (AvgIpc) is 2.67. The predicted molar refractivity (Wildman–Crippen MR) is 103 cm³/mol. The van der Waals surface area contributed by atoms with Crippen LogP contribution in [-0.4, -0.2) is 54.0 Å². The molecule has 7 heteroatoms. The van der Waals surface area contributed by atoms with E-state index in [1.807, 2.05) is 11.9 Å². The monoisotopic (exact) mass is 393 g/mol. The third-order valence-corrected chi connectivity index (χ3v) is 6.19. The fraction of sp³-hybridized carbons (Fsp3) is 0.619. The van der Waals surface area contributed by atoms with Gasteiger partial charge in [-0.15, -0.1) is 0 Å². The van der Waals surface area contributed by atoms with Crippen molar-refractivity contribution in [3.05, 3.63) is 35.4 Å². The summed E-state index contributed by atoms with van der Waals surface area (Å²) >= 11 is 0. The van der Waals surface area contributed by atoms with Crippen LogP contribution in [0.2, 0.25) is 0 Å². The third kappa shape index (κ3) is 5.00. The Morgan fingerprint density at radius 1 is 1.00 bits per heavy atom. The van der Waals surface area contributed by atoms with Gasteiger partial charge < -0.3 is 15.1 Å². The summed E-state index contributed by atoms with van der Waals surface area (Å²) in [5, 5.41) is 3.10. The number of nitrogens with zero attached hydrogens (tertiary/aromatic N) is 2. The van der Waals surface area contributed by atoms with E-state index in [1.165, 1.54) is 12.1 Å². The summed E-state index contributed by atoms with van der Waals surface area (Å²) in [5.74, 6) is -0.863. The van der Waals surface area contributed by atoms with Crippen LogP contribution in [-0.2, 0) is 4.79 Å². The topological polar surface area (TPSA) is 52.7 Å². The maximum atomic E-state index is 13.4. The molecule has 0 spiro atoms. The normalized spacial score (nSPS) is 23.4. The molecule has 0 bridgehead atoms. The first-order valence-corrected chi connectivity index (χ1v) is 10.1. The summed E-state index contributed by atoms with van der Waals surface area (Å²) in [5.41, 5.74) is 0.705. The summed E-state index contributed by atoms with van der Waals surface area (Å²) in [6.07, 6.45) is 4.78. The lowest BCUT2D eigenvalue weighted by Crippen LogP contribution is -2.51. The molecule has 2 aliphatic rings. The van der Waals surface area contributed by atoms with Crippen molar-refractivity contribution in [2.45, 2.75) is 63.5 Å². The van der Waals surface area contributed by atoms with Crippen molar-refractivity contribution in [1.29, 1.82) is 0 Å². The van der Waals surface area contributed by atoms with Gasteiger partial charge in [-0.3, -0.25) is 4.79 Å². The molecule has 3 amide bonds. The van der Waals surface area contributed by atoms with Gasteiger partial charge in [0.2, 0.25) is 5.91 Å². The molecule has 1 aliphatic heterocycles. The first-order chi connectivity index (χ1) is 13.3. The molecule has 28 heavy (non-hydrogen) atoms. The van der Waals surface area contributed by atoms with Crippen molar-refractivity contribution in [3.8, 4) is 0 Å².